The van der Waals surface area contributed by atoms with Gasteiger partial charge in [-0.1, -0.05) is 94.1 Å². The number of benzene rings is 4. The van der Waals surface area contributed by atoms with Crippen LogP contribution in [0.1, 0.15) is 91.3 Å². The summed E-state index contributed by atoms with van der Waals surface area (Å²) >= 11 is 16.2. The lowest BCUT2D eigenvalue weighted by molar-refractivity contribution is -0.112. The van der Waals surface area contributed by atoms with Crippen LogP contribution in [-0.4, -0.2) is 158 Å². The molecule has 476 valence electrons. The molecule has 6 heterocycles. The van der Waals surface area contributed by atoms with E-state index in [1.54, 1.807) is 73.1 Å². The topological polar surface area (TPSA) is 233 Å². The van der Waals surface area contributed by atoms with Crippen molar-refractivity contribution in [3.8, 4) is 22.5 Å². The van der Waals surface area contributed by atoms with Crippen LogP contribution in [0.2, 0.25) is 10.0 Å². The lowest BCUT2D eigenvalue weighted by atomic mass is 9.91. The first-order valence-corrected chi connectivity index (χ1v) is 33.3. The van der Waals surface area contributed by atoms with Crippen LogP contribution in [0.5, 0.6) is 0 Å². The van der Waals surface area contributed by atoms with Crippen LogP contribution < -0.4 is 31.9 Å². The Bertz CT molecular complexity index is 3790. The lowest BCUT2D eigenvalue weighted by Gasteiger charge is -2.31. The second-order valence-electron chi connectivity index (χ2n) is 23.7. The molecule has 2 aliphatic carbocycles. The number of alkyl halides is 1. The van der Waals surface area contributed by atoms with E-state index in [0.717, 1.165) is 117 Å². The Morgan fingerprint density at radius 3 is 1.44 bits per heavy atom. The number of hydrogen-bond donors (Lipinski definition) is 8. The Kier molecular flexibility index (Phi) is 23.8. The molecule has 4 amide bonds. The van der Waals surface area contributed by atoms with Crippen molar-refractivity contribution in [1.29, 1.82) is 0 Å². The number of amides is 4. The van der Waals surface area contributed by atoms with Gasteiger partial charge in [0.05, 0.1) is 33.8 Å². The van der Waals surface area contributed by atoms with Crippen LogP contribution in [0.4, 0.5) is 23.3 Å². The number of aromatic nitrogens is 6. The predicted octanol–water partition coefficient (Wildman–Crippen LogP) is 12.6. The zero-order valence-corrected chi connectivity index (χ0v) is 54.6. The number of carbonyl (C=O) groups excluding carboxylic acids is 4. The zero-order chi connectivity index (χ0) is 63.5. The van der Waals surface area contributed by atoms with Gasteiger partial charge in [0.15, 0.2) is 0 Å². The van der Waals surface area contributed by atoms with Gasteiger partial charge in [0.2, 0.25) is 23.7 Å². The molecule has 0 radical (unpaired) electrons. The van der Waals surface area contributed by atoms with Crippen LogP contribution in [0.25, 0.3) is 44.3 Å². The summed E-state index contributed by atoms with van der Waals surface area (Å²) in [6.07, 6.45) is 25.2. The van der Waals surface area contributed by atoms with E-state index in [1.807, 2.05) is 67.0 Å². The molecule has 0 spiro atoms. The highest BCUT2D eigenvalue weighted by Crippen LogP contribution is 2.35. The highest BCUT2D eigenvalue weighted by Gasteiger charge is 2.27. The van der Waals surface area contributed by atoms with Crippen LogP contribution >= 0.6 is 39.1 Å². The van der Waals surface area contributed by atoms with Crippen molar-refractivity contribution >= 4 is 108 Å². The Balaban J connectivity index is 0.000000182. The molecule has 22 heteroatoms. The van der Waals surface area contributed by atoms with E-state index in [2.05, 4.69) is 96.6 Å². The van der Waals surface area contributed by atoms with Gasteiger partial charge < -0.3 is 51.7 Å². The minimum atomic E-state index is -0.217. The van der Waals surface area contributed by atoms with Crippen molar-refractivity contribution in [1.82, 2.24) is 55.2 Å². The molecular weight excluding hydrogens is 1250 g/mol. The van der Waals surface area contributed by atoms with Crippen molar-refractivity contribution in [2.75, 3.05) is 86.5 Å². The van der Waals surface area contributed by atoms with Crippen LogP contribution in [-0.2, 0) is 9.59 Å². The fourth-order valence-electron chi connectivity index (χ4n) is 11.9. The van der Waals surface area contributed by atoms with Gasteiger partial charge in [0.1, 0.15) is 0 Å². The van der Waals surface area contributed by atoms with E-state index < -0.39 is 0 Å². The number of para-hydroxylation sites is 2. The predicted molar refractivity (Wildman–Crippen MR) is 370 cm³/mol. The minimum absolute atomic E-state index is 0.0222. The first-order valence-electron chi connectivity index (χ1n) is 31.4. The SMILES string of the molecule is CN1CCCCC1.CN1CCN(C/C=C/C(=O)Nc2ccc(C(=O)N[C@H]3CCC[C@@H](Nc4ncc(Cl)c(-c5c[nH]c6ccccc56)n4)C3)cc2)CC1.O=C(/C=C/CBr)Nc1ccc(C(=O)N[C@H]2CCC[C@@H](Nc3ncc(Cl)c(-c4c[nH]c5ccccc45)n3)C2)cc1. The Hall–Kier alpha value is -7.98. The third-order valence-corrected chi connectivity index (χ3v) is 17.8. The first kappa shape index (κ1) is 66.0. The van der Waals surface area contributed by atoms with Crippen molar-refractivity contribution in [2.24, 2.45) is 0 Å². The number of nitrogens with one attached hydrogen (secondary N) is 8. The maximum atomic E-state index is 13.1. The Morgan fingerprint density at radius 1 is 0.549 bits per heavy atom. The third kappa shape index (κ3) is 19.1. The second-order valence-corrected chi connectivity index (χ2v) is 25.2. The Morgan fingerprint density at radius 2 is 0.989 bits per heavy atom. The summed E-state index contributed by atoms with van der Waals surface area (Å²) in [7, 11) is 4.32. The monoisotopic (exact) mass is 1330 g/mol. The van der Waals surface area contributed by atoms with E-state index in [1.165, 1.54) is 38.4 Å². The van der Waals surface area contributed by atoms with Gasteiger partial charge in [0.25, 0.3) is 11.8 Å². The third-order valence-electron chi connectivity index (χ3n) is 16.9. The molecule has 4 aromatic carbocycles. The van der Waals surface area contributed by atoms with Gasteiger partial charge in [0, 0.05) is 142 Å². The molecule has 91 heavy (non-hydrogen) atoms. The van der Waals surface area contributed by atoms with Gasteiger partial charge in [-0.3, -0.25) is 24.1 Å². The van der Waals surface area contributed by atoms with E-state index in [0.29, 0.717) is 61.2 Å². The van der Waals surface area contributed by atoms with Crippen LogP contribution in [0.3, 0.4) is 0 Å². The summed E-state index contributed by atoms with van der Waals surface area (Å²) < 4.78 is 0. The van der Waals surface area contributed by atoms with Gasteiger partial charge in [-0.15, -0.1) is 0 Å². The summed E-state index contributed by atoms with van der Waals surface area (Å²) in [5.41, 5.74) is 7.62. The highest BCUT2D eigenvalue weighted by atomic mass is 79.9. The standard InChI is InChI=1S/C34H39ClN8O2.C29H28BrClN6O2.C6H13N/c1-42-16-18-43(19-17-42)15-5-10-31(44)38-24-13-11-23(12-14-24)33(45)39-25-6-4-7-26(20-25)40-34-37-22-29(35)32(41-34)28-21-36-30-9-3-2-8-27(28)30;30-14-4-9-26(38)34-19-12-10-18(11-13-19)28(39)35-20-5-3-6-21(15-20)36-29-33-17-24(31)27(37-29)23-16-32-25-8-2-1-7-22(23)25;1-7-5-3-2-4-6-7/h2-3,5,8-14,21-22,25-26,36H,4,6-7,15-20H2,1H3,(H,38,44)(H,39,45)(H,37,40,41);1-2,4,7-13,16-17,20-21,32H,3,5-6,14-15H2,(H,34,38)(H,35,39)(H,33,36,37);2-6H2,1H3/b10-5+;9-4+;/t25-,26+;20-,21+;/m00./s1. The van der Waals surface area contributed by atoms with E-state index in [-0.39, 0.29) is 47.8 Å². The number of likely N-dealkylation sites (tertiary alicyclic amines) is 1. The molecule has 8 aromatic rings. The van der Waals surface area contributed by atoms with Gasteiger partial charge >= 0.3 is 0 Å². The van der Waals surface area contributed by atoms with Crippen molar-refractivity contribution in [3.05, 3.63) is 167 Å². The van der Waals surface area contributed by atoms with E-state index in [9.17, 15) is 19.2 Å². The molecule has 4 atom stereocenters. The molecule has 19 nitrogen and oxygen atoms in total. The number of piperidine rings is 1. The maximum Gasteiger partial charge on any atom is 0.251 e. The fourth-order valence-corrected chi connectivity index (χ4v) is 12.5. The zero-order valence-electron chi connectivity index (χ0n) is 51.5. The number of piperazine rings is 1. The molecule has 4 fully saturated rings. The summed E-state index contributed by atoms with van der Waals surface area (Å²) in [5, 5.41) is 22.6. The summed E-state index contributed by atoms with van der Waals surface area (Å²) in [5.74, 6) is 0.367. The van der Waals surface area contributed by atoms with Crippen LogP contribution in [0, 0.1) is 0 Å². The first-order chi connectivity index (χ1) is 44.3. The summed E-state index contributed by atoms with van der Waals surface area (Å²) in [6.45, 7) is 7.51. The molecule has 0 unspecified atom stereocenters. The number of aromatic amines is 2. The molecule has 12 rings (SSSR count). The molecule has 2 aliphatic heterocycles. The van der Waals surface area contributed by atoms with E-state index >= 15 is 0 Å². The number of nitrogens with zero attached hydrogens (tertiary/aromatic N) is 7. The number of rotatable bonds is 17. The highest BCUT2D eigenvalue weighted by molar-refractivity contribution is 9.09. The number of allylic oxidation sites excluding steroid dienone is 1. The average Bonchev–Trinajstić information content (AvgIpc) is 1.86. The van der Waals surface area contributed by atoms with Crippen molar-refractivity contribution < 1.29 is 19.2 Å². The number of H-pyrrole nitrogens is 2. The van der Waals surface area contributed by atoms with E-state index in [4.69, 9.17) is 33.2 Å². The van der Waals surface area contributed by atoms with Gasteiger partial charge in [-0.05, 0) is 152 Å². The normalized spacial score (nSPS) is 19.0. The molecule has 0 bridgehead atoms. The number of anilines is 4. The Labute approximate surface area is 550 Å². The molecule has 4 aromatic heterocycles. The van der Waals surface area contributed by atoms with Crippen LogP contribution in [0.15, 0.2) is 146 Å². The molecule has 4 aliphatic rings. The average molecular weight is 1330 g/mol. The number of likely N-dealkylation sites (N-methyl/N-ethyl adjacent to an activating group) is 1. The smallest absolute Gasteiger partial charge is 0.251 e. The number of hydrogen-bond acceptors (Lipinski definition) is 13. The number of fused-ring (bicyclic) bond motifs is 2. The fraction of sp³-hybridized carbons (Fsp3) is 0.362. The lowest BCUT2D eigenvalue weighted by Crippen LogP contribution is -2.44. The number of halogens is 3. The van der Waals surface area contributed by atoms with Crippen molar-refractivity contribution in [2.45, 2.75) is 94.8 Å². The van der Waals surface area contributed by atoms with Gasteiger partial charge in [-0.2, -0.15) is 0 Å². The minimum Gasteiger partial charge on any atom is -0.360 e. The molecule has 8 N–H and O–H groups in total. The summed E-state index contributed by atoms with van der Waals surface area (Å²) in [4.78, 5) is 82.1. The quantitative estimate of drug-likeness (QED) is 0.0313. The molecular formula is C69H80BrCl2N15O4. The number of carbonyl (C=O) groups is 4. The van der Waals surface area contributed by atoms with Crippen molar-refractivity contribution in [3.63, 3.8) is 0 Å². The molecule has 2 saturated carbocycles. The van der Waals surface area contributed by atoms with Gasteiger partial charge in [-0.25, -0.2) is 19.9 Å². The second kappa shape index (κ2) is 32.9. The largest absolute Gasteiger partial charge is 0.360 e. The molecule has 2 saturated heterocycles. The summed E-state index contributed by atoms with van der Waals surface area (Å²) in [6, 6.07) is 30.2. The maximum absolute atomic E-state index is 13.1.